The standard InChI is InChI=1S/2C5H14P2.2CH2F4P2.2Pt/c2*1-6(2)5-7(3)4;2*2-6(3)1-7(4)5;;/h2*5H2,1-4H3;2*1H2;;/p+8. The average Bonchev–Trinajstić information content (AvgIpc) is 2.32. The van der Waals surface area contributed by atoms with Gasteiger partial charge in [-0.15, -0.1) is 0 Å². The van der Waals surface area contributed by atoms with Gasteiger partial charge in [0, 0.05) is 127 Å². The molecule has 0 aliphatic carbocycles. The van der Waals surface area contributed by atoms with Crippen molar-refractivity contribution in [1.82, 2.24) is 0 Å². The van der Waals surface area contributed by atoms with Crippen LogP contribution in [0.25, 0.3) is 0 Å². The van der Waals surface area contributed by atoms with Gasteiger partial charge in [0.25, 0.3) is 11.8 Å². The van der Waals surface area contributed by atoms with Crippen LogP contribution in [0.15, 0.2) is 0 Å². The molecule has 30 heavy (non-hydrogen) atoms. The third kappa shape index (κ3) is 76.8. The van der Waals surface area contributed by atoms with E-state index < -0.39 is 46.0 Å². The van der Waals surface area contributed by atoms with E-state index >= 15 is 0 Å². The minimum Gasteiger partial charge on any atom is -0.0217 e. The summed E-state index contributed by atoms with van der Waals surface area (Å²) in [4.78, 5) is 0. The molecule has 0 saturated carbocycles. The van der Waals surface area contributed by atoms with E-state index in [9.17, 15) is 33.6 Å². The monoisotopic (exact) mass is 974 g/mol. The molecule has 0 spiro atoms. The van der Waals surface area contributed by atoms with Gasteiger partial charge in [-0.1, -0.05) is 0 Å². The predicted molar refractivity (Wildman–Crippen MR) is 142 cm³/mol. The maximum absolute atomic E-state index is 10.9. The Balaban J connectivity index is -0.0000000626. The molecule has 0 fully saturated rings. The molecule has 0 heterocycles. The Bertz CT molecular complexity index is 227. The van der Waals surface area contributed by atoms with Crippen LogP contribution in [0, 0.1) is 0 Å². The molecule has 0 aromatic carbocycles. The maximum Gasteiger partial charge on any atom is 0.418 e. The van der Waals surface area contributed by atoms with Gasteiger partial charge in [-0.3, -0.25) is 0 Å². The van der Waals surface area contributed by atoms with Gasteiger partial charge in [-0.2, -0.15) is 0 Å². The summed E-state index contributed by atoms with van der Waals surface area (Å²) in [5.74, 6) is 0.926. The molecule has 0 nitrogen and oxygen atoms in total. The summed E-state index contributed by atoms with van der Waals surface area (Å²) >= 11 is 0. The minimum atomic E-state index is -3.64. The molecule has 0 bridgehead atoms. The molecular formula is C12H40F8P8Pt2+8. The average molecular weight is 974 g/mol. The first-order valence-corrected chi connectivity index (χ1v) is 25.0. The van der Waals surface area contributed by atoms with Crippen molar-refractivity contribution in [2.75, 3.05) is 76.9 Å². The van der Waals surface area contributed by atoms with Gasteiger partial charge in [0.15, 0.2) is 11.8 Å². The van der Waals surface area contributed by atoms with Crippen LogP contribution in [-0.2, 0) is 42.1 Å². The number of hydrogen-bond acceptors (Lipinski definition) is 0. The molecule has 0 aromatic heterocycles. The summed E-state index contributed by atoms with van der Waals surface area (Å²) < 4.78 is 87.5. The summed E-state index contributed by atoms with van der Waals surface area (Å²) in [5, 5.41) is 0. The van der Waals surface area contributed by atoms with Gasteiger partial charge >= 0.3 is 34.2 Å². The quantitative estimate of drug-likeness (QED) is 0.168. The number of halogens is 8. The van der Waals surface area contributed by atoms with E-state index in [2.05, 4.69) is 53.3 Å². The Morgan fingerprint density at radius 3 is 0.467 bits per heavy atom. The van der Waals surface area contributed by atoms with Gasteiger partial charge in [0.05, 0.1) is 0 Å². The first kappa shape index (κ1) is 47.5. The van der Waals surface area contributed by atoms with E-state index in [1.165, 1.54) is 0 Å². The van der Waals surface area contributed by atoms with E-state index in [1.54, 1.807) is 11.8 Å². The molecule has 0 aliphatic rings. The molecule has 0 rings (SSSR count). The third-order valence-electron chi connectivity index (χ3n) is 1.95. The van der Waals surface area contributed by atoms with Gasteiger partial charge in [0.2, 0.25) is 0 Å². The molecule has 0 atom stereocenters. The molecule has 0 amide bonds. The van der Waals surface area contributed by atoms with Crippen molar-refractivity contribution in [3.8, 4) is 0 Å². The van der Waals surface area contributed by atoms with E-state index in [0.717, 1.165) is 0 Å². The van der Waals surface area contributed by atoms with Crippen LogP contribution in [0.4, 0.5) is 33.6 Å². The van der Waals surface area contributed by atoms with Gasteiger partial charge in [0.1, 0.15) is 0 Å². The van der Waals surface area contributed by atoms with Gasteiger partial charge in [-0.25, -0.2) is 0 Å². The Kier molecular flexibility index (Phi) is 52.6. The van der Waals surface area contributed by atoms with Crippen molar-refractivity contribution < 1.29 is 75.7 Å². The van der Waals surface area contributed by atoms with Crippen molar-refractivity contribution in [1.29, 1.82) is 0 Å². The fourth-order valence-corrected chi connectivity index (χ4v) is 14.5. The SMILES string of the molecule is C[PH+](C)C[PH+](C)C.C[PH+](C)C[PH+](C)C.F[PH+](F)C[PH+](F)F.F[PH+](F)C[PH+](F)F.[Pt].[Pt]. The Hall–Kier alpha value is 4.26. The van der Waals surface area contributed by atoms with Crippen molar-refractivity contribution >= 4 is 65.9 Å². The van der Waals surface area contributed by atoms with Crippen LogP contribution in [0.2, 0.25) is 0 Å². The minimum absolute atomic E-state index is 0. The number of hydrogen-bond donors (Lipinski definition) is 0. The van der Waals surface area contributed by atoms with Crippen molar-refractivity contribution in [3.63, 3.8) is 0 Å². The van der Waals surface area contributed by atoms with E-state index in [4.69, 9.17) is 0 Å². The zero-order chi connectivity index (χ0) is 23.4. The second-order valence-electron chi connectivity index (χ2n) is 6.89. The molecule has 0 aliphatic heterocycles. The Labute approximate surface area is 217 Å². The predicted octanol–water partition coefficient (Wildman–Crippen LogP) is 9.60. The van der Waals surface area contributed by atoms with Gasteiger partial charge < -0.3 is 0 Å². The molecule has 0 N–H and O–H groups in total. The van der Waals surface area contributed by atoms with Crippen LogP contribution in [0.1, 0.15) is 0 Å². The van der Waals surface area contributed by atoms with Crippen molar-refractivity contribution in [3.05, 3.63) is 0 Å². The summed E-state index contributed by atoms with van der Waals surface area (Å²) in [6.07, 6.45) is 0. The number of rotatable bonds is 8. The van der Waals surface area contributed by atoms with Crippen LogP contribution in [0.5, 0.6) is 0 Å². The van der Waals surface area contributed by atoms with Crippen molar-refractivity contribution in [2.45, 2.75) is 0 Å². The van der Waals surface area contributed by atoms with Gasteiger partial charge in [-0.05, 0) is 33.6 Å². The van der Waals surface area contributed by atoms with Crippen LogP contribution in [-0.4, -0.2) is 76.9 Å². The zero-order valence-electron chi connectivity index (χ0n) is 18.5. The second-order valence-corrected chi connectivity index (χ2v) is 24.9. The first-order chi connectivity index (χ1) is 12.5. The smallest absolute Gasteiger partial charge is 0.0217 e. The summed E-state index contributed by atoms with van der Waals surface area (Å²) in [6.45, 7) is 19.1. The zero-order valence-corrected chi connectivity index (χ0v) is 31.0. The van der Waals surface area contributed by atoms with Crippen LogP contribution >= 0.6 is 65.9 Å². The van der Waals surface area contributed by atoms with E-state index in [-0.39, 0.29) is 73.8 Å². The van der Waals surface area contributed by atoms with Crippen molar-refractivity contribution in [2.24, 2.45) is 0 Å². The van der Waals surface area contributed by atoms with E-state index in [0.29, 0.717) is 0 Å². The fourth-order valence-electron chi connectivity index (χ4n) is 1.62. The maximum atomic E-state index is 10.9. The van der Waals surface area contributed by atoms with Crippen LogP contribution < -0.4 is 0 Å². The molecule has 0 radical (unpaired) electrons. The van der Waals surface area contributed by atoms with Crippen LogP contribution in [0.3, 0.4) is 0 Å². The summed E-state index contributed by atoms with van der Waals surface area (Å²) in [7, 11) is -14.1. The first-order valence-electron chi connectivity index (χ1n) is 8.34. The fraction of sp³-hybridized carbons (Fsp3) is 1.00. The molecule has 0 aromatic rings. The molecule has 18 heteroatoms. The summed E-state index contributed by atoms with van der Waals surface area (Å²) in [5.41, 5.74) is 0. The Morgan fingerprint density at radius 1 is 0.333 bits per heavy atom. The molecule has 196 valence electrons. The third-order valence-corrected chi connectivity index (χ3v) is 17.5. The molecular weight excluding hydrogens is 934 g/mol. The normalized spacial score (nSPS) is 10.4. The summed E-state index contributed by atoms with van der Waals surface area (Å²) in [6, 6.07) is 0. The largest absolute Gasteiger partial charge is 0.418 e. The Morgan fingerprint density at radius 2 is 0.467 bits per heavy atom. The molecule has 0 unspecified atom stereocenters. The second kappa shape index (κ2) is 33.3. The molecule has 0 saturated heterocycles. The topological polar surface area (TPSA) is 0 Å². The van der Waals surface area contributed by atoms with E-state index in [1.807, 2.05) is 0 Å².